The van der Waals surface area contributed by atoms with Crippen molar-refractivity contribution >= 4 is 33.5 Å². The summed E-state index contributed by atoms with van der Waals surface area (Å²) < 4.78 is 0.927. The molecule has 0 aromatic heterocycles. The van der Waals surface area contributed by atoms with Crippen molar-refractivity contribution in [1.82, 2.24) is 0 Å². The van der Waals surface area contributed by atoms with Crippen LogP contribution in [-0.4, -0.2) is 11.1 Å². The van der Waals surface area contributed by atoms with Gasteiger partial charge < -0.3 is 5.11 Å². The zero-order valence-corrected chi connectivity index (χ0v) is 10.3. The third-order valence-corrected chi connectivity index (χ3v) is 3.74. The van der Waals surface area contributed by atoms with Crippen molar-refractivity contribution in [3.8, 4) is 0 Å². The Kier molecular flexibility index (Phi) is 3.03. The third kappa shape index (κ3) is 2.18. The highest BCUT2D eigenvalue weighted by Gasteiger charge is 2.25. The van der Waals surface area contributed by atoms with E-state index in [0.717, 1.165) is 16.5 Å². The SMILES string of the molecule is O=C(O)C1CCc2cc(Cl)cc(Br)c2C1. The second-order valence-electron chi connectivity index (χ2n) is 3.80. The van der Waals surface area contributed by atoms with Gasteiger partial charge >= 0.3 is 5.97 Å². The minimum absolute atomic E-state index is 0.255. The monoisotopic (exact) mass is 288 g/mol. The Bertz CT molecular complexity index is 417. The largest absolute Gasteiger partial charge is 0.481 e. The van der Waals surface area contributed by atoms with Gasteiger partial charge in [-0.3, -0.25) is 4.79 Å². The first-order valence-electron chi connectivity index (χ1n) is 4.77. The predicted molar refractivity (Wildman–Crippen MR) is 62.3 cm³/mol. The van der Waals surface area contributed by atoms with Crippen LogP contribution in [0.1, 0.15) is 17.5 Å². The number of carboxylic acid groups (broad SMARTS) is 1. The fourth-order valence-electron chi connectivity index (χ4n) is 2.00. The number of hydrogen-bond acceptors (Lipinski definition) is 1. The molecule has 0 saturated heterocycles. The van der Waals surface area contributed by atoms with Crippen LogP contribution in [0.3, 0.4) is 0 Å². The molecule has 80 valence electrons. The lowest BCUT2D eigenvalue weighted by atomic mass is 9.84. The van der Waals surface area contributed by atoms with E-state index in [-0.39, 0.29) is 5.92 Å². The predicted octanol–water partition coefficient (Wildman–Crippen LogP) is 3.29. The van der Waals surface area contributed by atoms with E-state index in [1.807, 2.05) is 12.1 Å². The first-order valence-corrected chi connectivity index (χ1v) is 5.94. The van der Waals surface area contributed by atoms with Crippen molar-refractivity contribution in [2.75, 3.05) is 0 Å². The molecular weight excluding hydrogens is 279 g/mol. The van der Waals surface area contributed by atoms with Crippen LogP contribution >= 0.6 is 27.5 Å². The van der Waals surface area contributed by atoms with Crippen molar-refractivity contribution in [1.29, 1.82) is 0 Å². The number of carbonyl (C=O) groups is 1. The van der Waals surface area contributed by atoms with E-state index >= 15 is 0 Å². The van der Waals surface area contributed by atoms with Gasteiger partial charge in [-0.2, -0.15) is 0 Å². The molecule has 1 aliphatic rings. The maximum Gasteiger partial charge on any atom is 0.306 e. The molecule has 0 aliphatic heterocycles. The summed E-state index contributed by atoms with van der Waals surface area (Å²) >= 11 is 9.37. The van der Waals surface area contributed by atoms with Crippen LogP contribution in [0.2, 0.25) is 5.02 Å². The molecule has 2 nitrogen and oxygen atoms in total. The van der Waals surface area contributed by atoms with E-state index in [4.69, 9.17) is 16.7 Å². The molecule has 4 heteroatoms. The molecule has 0 radical (unpaired) electrons. The standard InChI is InChI=1S/C11H10BrClO2/c12-10-5-8(13)3-6-1-2-7(11(14)15)4-9(6)10/h3,5,7H,1-2,4H2,(H,14,15). The van der Waals surface area contributed by atoms with Crippen molar-refractivity contribution < 1.29 is 9.90 Å². The Morgan fingerprint density at radius 2 is 2.27 bits per heavy atom. The van der Waals surface area contributed by atoms with Crippen LogP contribution in [0.4, 0.5) is 0 Å². The topological polar surface area (TPSA) is 37.3 Å². The molecular formula is C11H10BrClO2. The Balaban J connectivity index is 2.37. The second kappa shape index (κ2) is 4.14. The van der Waals surface area contributed by atoms with Gasteiger partial charge in [-0.1, -0.05) is 27.5 Å². The molecule has 0 saturated carbocycles. The zero-order chi connectivity index (χ0) is 11.0. The maximum atomic E-state index is 10.9. The zero-order valence-electron chi connectivity index (χ0n) is 7.96. The molecule has 0 amide bonds. The van der Waals surface area contributed by atoms with Gasteiger partial charge in [0, 0.05) is 9.50 Å². The summed E-state index contributed by atoms with van der Waals surface area (Å²) in [6.07, 6.45) is 2.10. The summed E-state index contributed by atoms with van der Waals surface area (Å²) in [5.74, 6) is -0.961. The Morgan fingerprint density at radius 3 is 2.93 bits per heavy atom. The van der Waals surface area contributed by atoms with Crippen LogP contribution in [-0.2, 0) is 17.6 Å². The molecule has 1 aromatic carbocycles. The van der Waals surface area contributed by atoms with Crippen molar-refractivity contribution in [3.05, 3.63) is 32.8 Å². The second-order valence-corrected chi connectivity index (χ2v) is 5.09. The summed E-state index contributed by atoms with van der Waals surface area (Å²) in [6, 6.07) is 3.75. The number of benzene rings is 1. The van der Waals surface area contributed by atoms with E-state index in [0.29, 0.717) is 17.9 Å². The summed E-state index contributed by atoms with van der Waals surface area (Å²) in [6.45, 7) is 0. The van der Waals surface area contributed by atoms with Crippen molar-refractivity contribution in [2.45, 2.75) is 19.3 Å². The molecule has 1 aromatic rings. The quantitative estimate of drug-likeness (QED) is 0.861. The van der Waals surface area contributed by atoms with Gasteiger partial charge in [-0.05, 0) is 42.5 Å². The van der Waals surface area contributed by atoms with Crippen LogP contribution in [0.15, 0.2) is 16.6 Å². The van der Waals surface area contributed by atoms with Gasteiger partial charge in [0.05, 0.1) is 5.92 Å². The van der Waals surface area contributed by atoms with Gasteiger partial charge in [0.1, 0.15) is 0 Å². The average Bonchev–Trinajstić information content (AvgIpc) is 2.16. The molecule has 1 atom stereocenters. The van der Waals surface area contributed by atoms with Gasteiger partial charge in [0.2, 0.25) is 0 Å². The third-order valence-electron chi connectivity index (χ3n) is 2.81. The van der Waals surface area contributed by atoms with Crippen LogP contribution in [0.5, 0.6) is 0 Å². The van der Waals surface area contributed by atoms with Crippen molar-refractivity contribution in [2.24, 2.45) is 5.92 Å². The molecule has 0 heterocycles. The first-order chi connectivity index (χ1) is 7.08. The van der Waals surface area contributed by atoms with E-state index in [2.05, 4.69) is 15.9 Å². The normalized spacial score (nSPS) is 19.7. The van der Waals surface area contributed by atoms with E-state index < -0.39 is 5.97 Å². The fourth-order valence-corrected chi connectivity index (χ4v) is 3.03. The molecule has 1 N–H and O–H groups in total. The smallest absolute Gasteiger partial charge is 0.306 e. The first kappa shape index (κ1) is 11.0. The molecule has 1 aliphatic carbocycles. The molecule has 0 fully saturated rings. The Labute approximate surface area is 101 Å². The number of halogens is 2. The van der Waals surface area contributed by atoms with Crippen molar-refractivity contribution in [3.63, 3.8) is 0 Å². The maximum absolute atomic E-state index is 10.9. The van der Waals surface area contributed by atoms with Gasteiger partial charge in [0.15, 0.2) is 0 Å². The van der Waals surface area contributed by atoms with E-state index in [1.165, 1.54) is 5.56 Å². The minimum Gasteiger partial charge on any atom is -0.481 e. The number of fused-ring (bicyclic) bond motifs is 1. The molecule has 1 unspecified atom stereocenters. The highest BCUT2D eigenvalue weighted by atomic mass is 79.9. The van der Waals surface area contributed by atoms with Gasteiger partial charge in [-0.25, -0.2) is 0 Å². The number of aryl methyl sites for hydroxylation is 1. The molecule has 0 spiro atoms. The highest BCUT2D eigenvalue weighted by molar-refractivity contribution is 9.10. The lowest BCUT2D eigenvalue weighted by Crippen LogP contribution is -2.22. The van der Waals surface area contributed by atoms with Crippen LogP contribution in [0, 0.1) is 5.92 Å². The van der Waals surface area contributed by atoms with Gasteiger partial charge in [-0.15, -0.1) is 0 Å². The lowest BCUT2D eigenvalue weighted by Gasteiger charge is -2.22. The van der Waals surface area contributed by atoms with Crippen LogP contribution in [0.25, 0.3) is 0 Å². The minimum atomic E-state index is -0.706. The lowest BCUT2D eigenvalue weighted by molar-refractivity contribution is -0.142. The number of hydrogen-bond donors (Lipinski definition) is 1. The van der Waals surface area contributed by atoms with E-state index in [9.17, 15) is 4.79 Å². The summed E-state index contributed by atoms with van der Waals surface area (Å²) in [4.78, 5) is 10.9. The summed E-state index contributed by atoms with van der Waals surface area (Å²) in [5.41, 5.74) is 2.27. The fraction of sp³-hybridized carbons (Fsp3) is 0.364. The van der Waals surface area contributed by atoms with Crippen LogP contribution < -0.4 is 0 Å². The molecule has 2 rings (SSSR count). The average molecular weight is 290 g/mol. The summed E-state index contributed by atoms with van der Waals surface area (Å²) in [5, 5.41) is 9.67. The van der Waals surface area contributed by atoms with Gasteiger partial charge in [0.25, 0.3) is 0 Å². The van der Waals surface area contributed by atoms with E-state index in [1.54, 1.807) is 0 Å². The summed E-state index contributed by atoms with van der Waals surface area (Å²) in [7, 11) is 0. The molecule has 0 bridgehead atoms. The molecule has 15 heavy (non-hydrogen) atoms. The Hall–Kier alpha value is -0.540. The number of rotatable bonds is 1. The Morgan fingerprint density at radius 1 is 1.53 bits per heavy atom. The number of aliphatic carboxylic acids is 1. The highest BCUT2D eigenvalue weighted by Crippen LogP contribution is 2.33. The number of carboxylic acids is 1.